The van der Waals surface area contributed by atoms with Crippen LogP contribution >= 0.6 is 0 Å². The Labute approximate surface area is 145 Å². The SMILES string of the molecule is [2H]C([2H])([2H])n1nc(C(=O)NC2CC3CCCC(C2)N3C)c2cccc(O)c21. The number of carbonyl (C=O) groups excluding carboxylic acids is 1. The Balaban J connectivity index is 1.63. The first-order chi connectivity index (χ1) is 12.8. The number of aryl methyl sites for hydroxylation is 1. The van der Waals surface area contributed by atoms with Crippen LogP contribution in [0.25, 0.3) is 10.9 Å². The molecule has 1 aromatic heterocycles. The molecule has 24 heavy (non-hydrogen) atoms. The third kappa shape index (κ3) is 2.45. The minimum Gasteiger partial charge on any atom is -0.506 e. The van der Waals surface area contributed by atoms with Gasteiger partial charge in [-0.05, 0) is 38.8 Å². The van der Waals surface area contributed by atoms with Crippen LogP contribution in [0.2, 0.25) is 0 Å². The zero-order valence-electron chi connectivity index (χ0n) is 16.7. The zero-order valence-corrected chi connectivity index (χ0v) is 13.7. The van der Waals surface area contributed by atoms with Gasteiger partial charge >= 0.3 is 0 Å². The molecule has 2 aliphatic heterocycles. The molecule has 3 heterocycles. The second kappa shape index (κ2) is 5.77. The van der Waals surface area contributed by atoms with Crippen molar-refractivity contribution in [3.63, 3.8) is 0 Å². The van der Waals surface area contributed by atoms with Crippen LogP contribution in [0.15, 0.2) is 18.2 Å². The Morgan fingerprint density at radius 2 is 2.12 bits per heavy atom. The first-order valence-corrected chi connectivity index (χ1v) is 8.49. The fourth-order valence-electron chi connectivity index (χ4n) is 4.30. The number of aromatic nitrogens is 2. The van der Waals surface area contributed by atoms with E-state index in [0.29, 0.717) is 17.5 Å². The van der Waals surface area contributed by atoms with Crippen molar-refractivity contribution in [3.8, 4) is 5.75 Å². The van der Waals surface area contributed by atoms with Crippen molar-refractivity contribution >= 4 is 16.8 Å². The maximum absolute atomic E-state index is 12.9. The van der Waals surface area contributed by atoms with E-state index in [9.17, 15) is 9.90 Å². The largest absolute Gasteiger partial charge is 0.506 e. The molecule has 0 spiro atoms. The van der Waals surface area contributed by atoms with Crippen molar-refractivity contribution in [1.82, 2.24) is 20.0 Å². The Bertz CT molecular complexity index is 865. The molecule has 6 heteroatoms. The van der Waals surface area contributed by atoms with Crippen LogP contribution in [-0.2, 0) is 6.98 Å². The van der Waals surface area contributed by atoms with Crippen LogP contribution in [0.1, 0.15) is 46.7 Å². The average molecular weight is 331 g/mol. The van der Waals surface area contributed by atoms with Gasteiger partial charge in [0.1, 0.15) is 11.3 Å². The molecule has 2 saturated heterocycles. The lowest BCUT2D eigenvalue weighted by Crippen LogP contribution is -2.55. The van der Waals surface area contributed by atoms with Gasteiger partial charge < -0.3 is 15.3 Å². The number of rotatable bonds is 2. The van der Waals surface area contributed by atoms with E-state index < -0.39 is 6.98 Å². The van der Waals surface area contributed by atoms with E-state index in [1.807, 2.05) is 0 Å². The third-order valence-corrected chi connectivity index (χ3v) is 5.57. The van der Waals surface area contributed by atoms with Crippen molar-refractivity contribution in [2.75, 3.05) is 7.05 Å². The second-order valence-corrected chi connectivity index (χ2v) is 6.98. The lowest BCUT2D eigenvalue weighted by Gasteiger charge is -2.47. The smallest absolute Gasteiger partial charge is 0.272 e. The molecule has 0 saturated carbocycles. The zero-order chi connectivity index (χ0) is 19.3. The molecule has 2 unspecified atom stereocenters. The number of aromatic hydroxyl groups is 1. The van der Waals surface area contributed by atoms with Gasteiger partial charge in [0.15, 0.2) is 5.69 Å². The van der Waals surface area contributed by atoms with Crippen molar-refractivity contribution < 1.29 is 14.0 Å². The third-order valence-electron chi connectivity index (χ3n) is 5.57. The summed E-state index contributed by atoms with van der Waals surface area (Å²) >= 11 is 0. The summed E-state index contributed by atoms with van der Waals surface area (Å²) in [7, 11) is 2.15. The topological polar surface area (TPSA) is 70.4 Å². The highest BCUT2D eigenvalue weighted by Gasteiger charge is 2.36. The summed E-state index contributed by atoms with van der Waals surface area (Å²) in [5, 5.41) is 17.6. The molecule has 2 aliphatic rings. The van der Waals surface area contributed by atoms with Crippen molar-refractivity contribution in [2.24, 2.45) is 6.98 Å². The lowest BCUT2D eigenvalue weighted by molar-refractivity contribution is 0.0462. The van der Waals surface area contributed by atoms with Gasteiger partial charge in [-0.3, -0.25) is 9.48 Å². The number of piperidine rings is 2. The van der Waals surface area contributed by atoms with E-state index in [1.165, 1.54) is 12.5 Å². The van der Waals surface area contributed by atoms with Gasteiger partial charge in [-0.1, -0.05) is 18.6 Å². The average Bonchev–Trinajstić information content (AvgIpc) is 2.97. The summed E-state index contributed by atoms with van der Waals surface area (Å²) < 4.78 is 23.7. The van der Waals surface area contributed by atoms with Crippen LogP contribution in [0.5, 0.6) is 5.75 Å². The minimum absolute atomic E-state index is 0.0427. The standard InChI is InChI=1S/C18H24N4O2/c1-21-12-5-3-6-13(21)10-11(9-12)19-18(24)16-14-7-4-8-15(23)17(14)22(2)20-16/h4,7-8,11-13,23H,3,5-6,9-10H2,1-2H3,(H,19,24)/i2D3. The normalized spacial score (nSPS) is 29.7. The highest BCUT2D eigenvalue weighted by atomic mass is 16.3. The first kappa shape index (κ1) is 12.3. The number of benzene rings is 1. The number of para-hydroxylation sites is 1. The van der Waals surface area contributed by atoms with Crippen LogP contribution in [0.3, 0.4) is 0 Å². The van der Waals surface area contributed by atoms with Gasteiger partial charge in [-0.15, -0.1) is 0 Å². The minimum atomic E-state index is -2.58. The number of phenols is 1. The first-order valence-electron chi connectivity index (χ1n) is 9.99. The molecule has 1 amide bonds. The highest BCUT2D eigenvalue weighted by molar-refractivity contribution is 6.06. The molecule has 1 aromatic carbocycles. The number of phenolic OH excluding ortho intramolecular Hbond substituents is 1. The van der Waals surface area contributed by atoms with Gasteiger partial charge in [-0.2, -0.15) is 5.10 Å². The maximum atomic E-state index is 12.9. The van der Waals surface area contributed by atoms with Crippen LogP contribution < -0.4 is 5.32 Å². The quantitative estimate of drug-likeness (QED) is 0.883. The van der Waals surface area contributed by atoms with Crippen LogP contribution in [-0.4, -0.2) is 50.9 Å². The molecule has 0 radical (unpaired) electrons. The van der Waals surface area contributed by atoms with Gasteiger partial charge in [0.25, 0.3) is 5.91 Å². The maximum Gasteiger partial charge on any atom is 0.272 e. The van der Waals surface area contributed by atoms with Gasteiger partial charge in [0.2, 0.25) is 0 Å². The molecule has 4 rings (SSSR count). The molecule has 2 aromatic rings. The van der Waals surface area contributed by atoms with E-state index in [2.05, 4.69) is 22.4 Å². The molecule has 2 atom stereocenters. The second-order valence-electron chi connectivity index (χ2n) is 6.98. The molecule has 2 fully saturated rings. The Hall–Kier alpha value is -2.08. The number of hydrogen-bond acceptors (Lipinski definition) is 4. The number of nitrogens with zero attached hydrogens (tertiary/aromatic N) is 3. The summed E-state index contributed by atoms with van der Waals surface area (Å²) in [6.07, 6.45) is 5.30. The Kier molecular flexibility index (Phi) is 2.96. The Morgan fingerprint density at radius 1 is 1.38 bits per heavy atom. The van der Waals surface area contributed by atoms with E-state index in [1.54, 1.807) is 12.1 Å². The number of carbonyl (C=O) groups is 1. The lowest BCUT2D eigenvalue weighted by atomic mass is 9.82. The van der Waals surface area contributed by atoms with E-state index in [-0.39, 0.29) is 28.9 Å². The summed E-state index contributed by atoms with van der Waals surface area (Å²) in [5.41, 5.74) is 0.101. The summed E-state index contributed by atoms with van der Waals surface area (Å²) in [6, 6.07) is 5.59. The number of fused-ring (bicyclic) bond motifs is 3. The highest BCUT2D eigenvalue weighted by Crippen LogP contribution is 2.33. The van der Waals surface area contributed by atoms with Crippen LogP contribution in [0.4, 0.5) is 0 Å². The number of nitrogens with one attached hydrogen (secondary N) is 1. The molecule has 2 bridgehead atoms. The predicted octanol–water partition coefficient (Wildman–Crippen LogP) is 2.02. The molecule has 6 nitrogen and oxygen atoms in total. The molecular weight excluding hydrogens is 304 g/mol. The monoisotopic (exact) mass is 331 g/mol. The summed E-state index contributed by atoms with van der Waals surface area (Å²) in [4.78, 5) is 15.3. The predicted molar refractivity (Wildman–Crippen MR) is 92.1 cm³/mol. The molecule has 128 valence electrons. The fourth-order valence-corrected chi connectivity index (χ4v) is 4.30. The summed E-state index contributed by atoms with van der Waals surface area (Å²) in [6.45, 7) is -2.58. The van der Waals surface area contributed by atoms with E-state index in [4.69, 9.17) is 4.11 Å². The molecular formula is C18H24N4O2. The van der Waals surface area contributed by atoms with Crippen molar-refractivity contribution in [1.29, 1.82) is 0 Å². The van der Waals surface area contributed by atoms with Gasteiger partial charge in [0, 0.05) is 34.6 Å². The number of amides is 1. The van der Waals surface area contributed by atoms with Crippen molar-refractivity contribution in [2.45, 2.75) is 50.2 Å². The Morgan fingerprint density at radius 3 is 2.83 bits per heavy atom. The fraction of sp³-hybridized carbons (Fsp3) is 0.556. The van der Waals surface area contributed by atoms with Gasteiger partial charge in [0.05, 0.1) is 0 Å². The molecule has 2 N–H and O–H groups in total. The van der Waals surface area contributed by atoms with E-state index >= 15 is 0 Å². The van der Waals surface area contributed by atoms with E-state index in [0.717, 1.165) is 30.4 Å². The van der Waals surface area contributed by atoms with Crippen LogP contribution in [0, 0.1) is 0 Å². The molecule has 0 aliphatic carbocycles. The van der Waals surface area contributed by atoms with Gasteiger partial charge in [-0.25, -0.2) is 0 Å². The number of hydrogen-bond donors (Lipinski definition) is 2. The summed E-state index contributed by atoms with van der Waals surface area (Å²) in [5.74, 6) is -0.592. The van der Waals surface area contributed by atoms with Crippen molar-refractivity contribution in [3.05, 3.63) is 23.9 Å².